The standard InChI is InChI=1S/C11H16/c1-2-3-5-8-11-9-6-4-7-10-11/h1,9H,3-8,10H2. The normalized spacial score (nSPS) is 17.2. The van der Waals surface area contributed by atoms with Crippen molar-refractivity contribution in [1.82, 2.24) is 0 Å². The van der Waals surface area contributed by atoms with E-state index in [1.54, 1.807) is 5.57 Å². The van der Waals surface area contributed by atoms with Gasteiger partial charge in [-0.05, 0) is 38.5 Å². The van der Waals surface area contributed by atoms with Crippen molar-refractivity contribution in [2.24, 2.45) is 0 Å². The number of unbranched alkanes of at least 4 members (excludes halogenated alkanes) is 1. The molecule has 0 unspecified atom stereocenters. The number of allylic oxidation sites excluding steroid dienone is 2. The number of hydrogen-bond donors (Lipinski definition) is 0. The maximum Gasteiger partial charge on any atom is 0.00891 e. The molecule has 0 heterocycles. The minimum Gasteiger partial charge on any atom is -0.120 e. The van der Waals surface area contributed by atoms with Gasteiger partial charge in [0.25, 0.3) is 0 Å². The van der Waals surface area contributed by atoms with Crippen molar-refractivity contribution in [2.75, 3.05) is 0 Å². The molecular weight excluding hydrogens is 132 g/mol. The second-order valence-electron chi connectivity index (χ2n) is 3.17. The molecule has 1 aliphatic carbocycles. The van der Waals surface area contributed by atoms with Gasteiger partial charge in [-0.25, -0.2) is 0 Å². The summed E-state index contributed by atoms with van der Waals surface area (Å²) in [6, 6.07) is 0. The summed E-state index contributed by atoms with van der Waals surface area (Å²) < 4.78 is 0. The van der Waals surface area contributed by atoms with Crippen molar-refractivity contribution >= 4 is 0 Å². The zero-order chi connectivity index (χ0) is 7.94. The molecule has 0 nitrogen and oxygen atoms in total. The minimum atomic E-state index is 0.942. The third kappa shape index (κ3) is 3.28. The fraction of sp³-hybridized carbons (Fsp3) is 0.636. The van der Waals surface area contributed by atoms with Crippen LogP contribution in [0.4, 0.5) is 0 Å². The van der Waals surface area contributed by atoms with E-state index in [1.165, 1.54) is 38.5 Å². The monoisotopic (exact) mass is 148 g/mol. The first-order valence-electron chi connectivity index (χ1n) is 4.55. The van der Waals surface area contributed by atoms with E-state index < -0.39 is 0 Å². The zero-order valence-electron chi connectivity index (χ0n) is 7.10. The van der Waals surface area contributed by atoms with Crippen LogP contribution in [0.5, 0.6) is 0 Å². The molecule has 1 rings (SSSR count). The Labute approximate surface area is 69.7 Å². The van der Waals surface area contributed by atoms with Crippen LogP contribution in [-0.4, -0.2) is 0 Å². The Kier molecular flexibility index (Phi) is 3.83. The molecule has 0 aromatic rings. The van der Waals surface area contributed by atoms with E-state index in [4.69, 9.17) is 6.42 Å². The fourth-order valence-electron chi connectivity index (χ4n) is 1.55. The summed E-state index contributed by atoms with van der Waals surface area (Å²) in [5.74, 6) is 2.68. The van der Waals surface area contributed by atoms with Crippen LogP contribution in [0.25, 0.3) is 0 Å². The molecule has 0 radical (unpaired) electrons. The summed E-state index contributed by atoms with van der Waals surface area (Å²) >= 11 is 0. The van der Waals surface area contributed by atoms with Gasteiger partial charge in [-0.15, -0.1) is 12.3 Å². The summed E-state index contributed by atoms with van der Waals surface area (Å²) in [4.78, 5) is 0. The van der Waals surface area contributed by atoms with Gasteiger partial charge in [0.05, 0.1) is 0 Å². The Bertz CT molecular complexity index is 169. The molecular formula is C11H16. The van der Waals surface area contributed by atoms with Crippen molar-refractivity contribution in [3.05, 3.63) is 11.6 Å². The Morgan fingerprint density at radius 1 is 1.45 bits per heavy atom. The molecule has 11 heavy (non-hydrogen) atoms. The highest BCUT2D eigenvalue weighted by Crippen LogP contribution is 2.21. The van der Waals surface area contributed by atoms with Crippen LogP contribution in [0.15, 0.2) is 11.6 Å². The number of rotatable bonds is 3. The minimum absolute atomic E-state index is 0.942. The molecule has 0 bridgehead atoms. The fourth-order valence-corrected chi connectivity index (χ4v) is 1.55. The van der Waals surface area contributed by atoms with Gasteiger partial charge in [0.15, 0.2) is 0 Å². The Morgan fingerprint density at radius 2 is 2.36 bits per heavy atom. The van der Waals surface area contributed by atoms with Gasteiger partial charge in [-0.2, -0.15) is 0 Å². The summed E-state index contributed by atoms with van der Waals surface area (Å²) in [6.07, 6.45) is 16.3. The third-order valence-electron chi connectivity index (χ3n) is 2.20. The van der Waals surface area contributed by atoms with Gasteiger partial charge in [-0.1, -0.05) is 11.6 Å². The first-order valence-corrected chi connectivity index (χ1v) is 4.55. The highest BCUT2D eigenvalue weighted by Gasteiger charge is 2.01. The topological polar surface area (TPSA) is 0 Å². The zero-order valence-corrected chi connectivity index (χ0v) is 7.10. The van der Waals surface area contributed by atoms with E-state index in [1.807, 2.05) is 0 Å². The Hall–Kier alpha value is -0.700. The largest absolute Gasteiger partial charge is 0.120 e. The van der Waals surface area contributed by atoms with E-state index in [-0.39, 0.29) is 0 Å². The van der Waals surface area contributed by atoms with Gasteiger partial charge < -0.3 is 0 Å². The molecule has 0 N–H and O–H groups in total. The van der Waals surface area contributed by atoms with Crippen LogP contribution < -0.4 is 0 Å². The summed E-state index contributed by atoms with van der Waals surface area (Å²) in [6.45, 7) is 0. The van der Waals surface area contributed by atoms with Crippen LogP contribution in [0, 0.1) is 12.3 Å². The molecule has 0 aromatic carbocycles. The summed E-state index contributed by atoms with van der Waals surface area (Å²) in [7, 11) is 0. The maximum atomic E-state index is 5.17. The first-order chi connectivity index (χ1) is 5.43. The van der Waals surface area contributed by atoms with Gasteiger partial charge in [-0.3, -0.25) is 0 Å². The molecule has 0 spiro atoms. The molecule has 0 aliphatic heterocycles. The molecule has 0 fully saturated rings. The van der Waals surface area contributed by atoms with E-state index in [0.717, 1.165) is 6.42 Å². The predicted molar refractivity (Wildman–Crippen MR) is 49.2 cm³/mol. The van der Waals surface area contributed by atoms with Crippen molar-refractivity contribution in [2.45, 2.75) is 44.9 Å². The molecule has 0 heteroatoms. The van der Waals surface area contributed by atoms with E-state index in [0.29, 0.717) is 0 Å². The van der Waals surface area contributed by atoms with Crippen LogP contribution in [0.1, 0.15) is 44.9 Å². The van der Waals surface area contributed by atoms with Gasteiger partial charge in [0.1, 0.15) is 0 Å². The van der Waals surface area contributed by atoms with Gasteiger partial charge in [0, 0.05) is 6.42 Å². The van der Waals surface area contributed by atoms with E-state index in [2.05, 4.69) is 12.0 Å². The van der Waals surface area contributed by atoms with Crippen LogP contribution >= 0.6 is 0 Å². The molecule has 0 saturated heterocycles. The van der Waals surface area contributed by atoms with Crippen molar-refractivity contribution in [3.63, 3.8) is 0 Å². The first kappa shape index (κ1) is 8.40. The van der Waals surface area contributed by atoms with Crippen molar-refractivity contribution < 1.29 is 0 Å². The summed E-state index contributed by atoms with van der Waals surface area (Å²) in [5.41, 5.74) is 1.64. The summed E-state index contributed by atoms with van der Waals surface area (Å²) in [5, 5.41) is 0. The smallest absolute Gasteiger partial charge is 0.00891 e. The lowest BCUT2D eigenvalue weighted by molar-refractivity contribution is 0.663. The Morgan fingerprint density at radius 3 is 3.00 bits per heavy atom. The van der Waals surface area contributed by atoms with Crippen LogP contribution in [-0.2, 0) is 0 Å². The second-order valence-corrected chi connectivity index (χ2v) is 3.17. The van der Waals surface area contributed by atoms with Gasteiger partial charge in [0.2, 0.25) is 0 Å². The SMILES string of the molecule is C#CCCCC1=CCCCC1. The van der Waals surface area contributed by atoms with Crippen LogP contribution in [0.3, 0.4) is 0 Å². The molecule has 0 aromatic heterocycles. The molecule has 0 saturated carbocycles. The van der Waals surface area contributed by atoms with E-state index in [9.17, 15) is 0 Å². The average Bonchev–Trinajstić information content (AvgIpc) is 2.07. The Balaban J connectivity index is 2.15. The third-order valence-corrected chi connectivity index (χ3v) is 2.20. The van der Waals surface area contributed by atoms with Crippen molar-refractivity contribution in [1.29, 1.82) is 0 Å². The molecule has 0 atom stereocenters. The average molecular weight is 148 g/mol. The highest BCUT2D eigenvalue weighted by molar-refractivity contribution is 5.05. The lowest BCUT2D eigenvalue weighted by Crippen LogP contribution is -1.91. The number of terminal acetylenes is 1. The molecule has 1 aliphatic rings. The quantitative estimate of drug-likeness (QED) is 0.327. The number of hydrogen-bond acceptors (Lipinski definition) is 0. The maximum absolute atomic E-state index is 5.17. The second kappa shape index (κ2) is 5.02. The van der Waals surface area contributed by atoms with Crippen molar-refractivity contribution in [3.8, 4) is 12.3 Å². The highest BCUT2D eigenvalue weighted by atomic mass is 14.1. The lowest BCUT2D eigenvalue weighted by atomic mass is 9.96. The molecule has 60 valence electrons. The predicted octanol–water partition coefficient (Wildman–Crippen LogP) is 3.29. The lowest BCUT2D eigenvalue weighted by Gasteiger charge is -2.11. The van der Waals surface area contributed by atoms with Gasteiger partial charge >= 0.3 is 0 Å². The molecule has 0 amide bonds. The van der Waals surface area contributed by atoms with Crippen LogP contribution in [0.2, 0.25) is 0 Å². The van der Waals surface area contributed by atoms with E-state index >= 15 is 0 Å².